The number of benzene rings is 1. The molecule has 0 amide bonds. The molecule has 96 valence electrons. The number of hydrogen-bond acceptors (Lipinski definition) is 3. The minimum atomic E-state index is -4.27. The quantitative estimate of drug-likeness (QED) is 0.629. The van der Waals surface area contributed by atoms with Crippen LogP contribution in [0.2, 0.25) is 0 Å². The van der Waals surface area contributed by atoms with Crippen LogP contribution >= 0.6 is 12.6 Å². The maximum absolute atomic E-state index is 11.9. The fourth-order valence-electron chi connectivity index (χ4n) is 1.32. The van der Waals surface area contributed by atoms with Crippen molar-refractivity contribution in [3.05, 3.63) is 29.8 Å². The lowest BCUT2D eigenvalue weighted by molar-refractivity contribution is -0.137. The first kappa shape index (κ1) is 14.3. The molecule has 1 heterocycles. The molecule has 6 heteroatoms. The molecule has 1 fully saturated rings. The third kappa shape index (κ3) is 5.43. The van der Waals surface area contributed by atoms with Crippen LogP contribution in [0.5, 0.6) is 0 Å². The van der Waals surface area contributed by atoms with Gasteiger partial charge in [-0.05, 0) is 31.2 Å². The zero-order valence-electron chi connectivity index (χ0n) is 9.04. The molecule has 1 saturated heterocycles. The molecule has 1 unspecified atom stereocenters. The van der Waals surface area contributed by atoms with E-state index in [0.29, 0.717) is 4.90 Å². The van der Waals surface area contributed by atoms with E-state index in [1.807, 2.05) is 0 Å². The molecule has 0 saturated carbocycles. The number of alkyl halides is 3. The third-order valence-electron chi connectivity index (χ3n) is 2.21. The summed E-state index contributed by atoms with van der Waals surface area (Å²) in [6, 6.07) is 4.83. The van der Waals surface area contributed by atoms with E-state index in [9.17, 15) is 13.2 Å². The molecule has 1 aromatic carbocycles. The average molecular weight is 265 g/mol. The van der Waals surface area contributed by atoms with Gasteiger partial charge in [0.05, 0.1) is 11.7 Å². The molecule has 2 nitrogen and oxygen atoms in total. The molecule has 0 radical (unpaired) electrons. The van der Waals surface area contributed by atoms with Crippen LogP contribution in [0.4, 0.5) is 13.2 Å². The summed E-state index contributed by atoms with van der Waals surface area (Å²) in [7, 11) is 0. The molecule has 1 aliphatic rings. The molecule has 0 aromatic heterocycles. The summed E-state index contributed by atoms with van der Waals surface area (Å²) in [6.07, 6.45) is -3.40. The van der Waals surface area contributed by atoms with Gasteiger partial charge in [0.25, 0.3) is 0 Å². The van der Waals surface area contributed by atoms with Crippen molar-refractivity contribution in [2.45, 2.75) is 23.6 Å². The predicted octanol–water partition coefficient (Wildman–Crippen LogP) is 2.33. The van der Waals surface area contributed by atoms with E-state index in [0.717, 1.165) is 31.6 Å². The van der Waals surface area contributed by atoms with Gasteiger partial charge in [0.1, 0.15) is 0 Å². The monoisotopic (exact) mass is 265 g/mol. The van der Waals surface area contributed by atoms with Crippen LogP contribution in [-0.4, -0.2) is 24.3 Å². The van der Waals surface area contributed by atoms with Crippen molar-refractivity contribution in [3.8, 4) is 0 Å². The standard InChI is InChI=1S/C7H5F3S.C4H9NO/c8-7(9,10)5-2-1-3-6(11)4-5;6-4-1-2-5-3-4/h1-4,11H;4-6H,1-3H2. The van der Waals surface area contributed by atoms with Crippen LogP contribution in [0.15, 0.2) is 29.2 Å². The second-order valence-corrected chi connectivity index (χ2v) is 4.21. The lowest BCUT2D eigenvalue weighted by Crippen LogP contribution is -2.11. The summed E-state index contributed by atoms with van der Waals surface area (Å²) in [5.41, 5.74) is -0.662. The topological polar surface area (TPSA) is 32.3 Å². The molecular formula is C11H14F3NOS. The molecule has 0 bridgehead atoms. The van der Waals surface area contributed by atoms with E-state index >= 15 is 0 Å². The largest absolute Gasteiger partial charge is 0.416 e. The van der Waals surface area contributed by atoms with Crippen molar-refractivity contribution in [3.63, 3.8) is 0 Å². The lowest BCUT2D eigenvalue weighted by atomic mass is 10.2. The highest BCUT2D eigenvalue weighted by Gasteiger charge is 2.29. The highest BCUT2D eigenvalue weighted by atomic mass is 32.1. The number of nitrogens with one attached hydrogen (secondary N) is 1. The van der Waals surface area contributed by atoms with Gasteiger partial charge in [-0.3, -0.25) is 0 Å². The number of thiol groups is 1. The van der Waals surface area contributed by atoms with Gasteiger partial charge in [-0.25, -0.2) is 0 Å². The Morgan fingerprint density at radius 3 is 2.35 bits per heavy atom. The van der Waals surface area contributed by atoms with E-state index in [-0.39, 0.29) is 6.10 Å². The molecule has 1 atom stereocenters. The summed E-state index contributed by atoms with van der Waals surface area (Å²) in [5.74, 6) is 0. The third-order valence-corrected chi connectivity index (χ3v) is 2.49. The summed E-state index contributed by atoms with van der Waals surface area (Å²) in [6.45, 7) is 1.78. The van der Waals surface area contributed by atoms with E-state index in [1.165, 1.54) is 12.1 Å². The van der Waals surface area contributed by atoms with Crippen molar-refractivity contribution >= 4 is 12.6 Å². The van der Waals surface area contributed by atoms with E-state index in [1.54, 1.807) is 0 Å². The summed E-state index contributed by atoms with van der Waals surface area (Å²) >= 11 is 3.79. The number of aliphatic hydroxyl groups excluding tert-OH is 1. The molecule has 0 spiro atoms. The van der Waals surface area contributed by atoms with E-state index in [4.69, 9.17) is 5.11 Å². The molecule has 0 aliphatic carbocycles. The molecule has 1 aromatic rings. The van der Waals surface area contributed by atoms with Gasteiger partial charge in [-0.2, -0.15) is 13.2 Å². The fourth-order valence-corrected chi connectivity index (χ4v) is 1.55. The van der Waals surface area contributed by atoms with Gasteiger partial charge >= 0.3 is 6.18 Å². The van der Waals surface area contributed by atoms with Crippen LogP contribution in [0.25, 0.3) is 0 Å². The average Bonchev–Trinajstić information content (AvgIpc) is 2.69. The number of aliphatic hydroxyl groups is 1. The second kappa shape index (κ2) is 6.28. The fraction of sp³-hybridized carbons (Fsp3) is 0.455. The maximum Gasteiger partial charge on any atom is 0.416 e. The lowest BCUT2D eigenvalue weighted by Gasteiger charge is -2.05. The van der Waals surface area contributed by atoms with Crippen molar-refractivity contribution in [2.24, 2.45) is 0 Å². The molecular weight excluding hydrogens is 251 g/mol. The molecule has 2 rings (SSSR count). The van der Waals surface area contributed by atoms with Gasteiger partial charge in [0, 0.05) is 11.4 Å². The van der Waals surface area contributed by atoms with Crippen molar-refractivity contribution in [1.29, 1.82) is 0 Å². The Kier molecular flexibility index (Phi) is 5.30. The predicted molar refractivity (Wildman–Crippen MR) is 62.2 cm³/mol. The Balaban J connectivity index is 0.000000202. The first-order chi connectivity index (χ1) is 7.89. The van der Waals surface area contributed by atoms with Crippen LogP contribution in [-0.2, 0) is 6.18 Å². The Morgan fingerprint density at radius 1 is 1.35 bits per heavy atom. The number of β-amino-alcohol motifs (C(OH)–C–C–N with tert-alkyl or cyclic N) is 1. The summed E-state index contributed by atoms with van der Waals surface area (Å²) in [4.78, 5) is 0.319. The number of hydrogen-bond donors (Lipinski definition) is 3. The Hall–Kier alpha value is -0.720. The minimum absolute atomic E-state index is 0.0648. The van der Waals surface area contributed by atoms with Crippen molar-refractivity contribution in [1.82, 2.24) is 5.32 Å². The van der Waals surface area contributed by atoms with E-state index < -0.39 is 11.7 Å². The Morgan fingerprint density at radius 2 is 2.06 bits per heavy atom. The van der Waals surface area contributed by atoms with Crippen molar-refractivity contribution in [2.75, 3.05) is 13.1 Å². The summed E-state index contributed by atoms with van der Waals surface area (Å²) in [5, 5.41) is 11.7. The molecule has 2 N–H and O–H groups in total. The van der Waals surface area contributed by atoms with Crippen LogP contribution in [0.3, 0.4) is 0 Å². The van der Waals surface area contributed by atoms with Crippen LogP contribution in [0, 0.1) is 0 Å². The van der Waals surface area contributed by atoms with Gasteiger partial charge < -0.3 is 10.4 Å². The zero-order valence-corrected chi connectivity index (χ0v) is 9.93. The highest BCUT2D eigenvalue weighted by molar-refractivity contribution is 7.80. The Labute approximate surface area is 103 Å². The number of halogens is 3. The Bertz CT molecular complexity index is 351. The van der Waals surface area contributed by atoms with Gasteiger partial charge in [0.15, 0.2) is 0 Å². The SMILES string of the molecule is FC(F)(F)c1cccc(S)c1.OC1CCNC1. The minimum Gasteiger partial charge on any atom is -0.392 e. The normalized spacial score (nSPS) is 19.7. The highest BCUT2D eigenvalue weighted by Crippen LogP contribution is 2.29. The first-order valence-electron chi connectivity index (χ1n) is 5.14. The van der Waals surface area contributed by atoms with E-state index in [2.05, 4.69) is 17.9 Å². The van der Waals surface area contributed by atoms with Gasteiger partial charge in [-0.15, -0.1) is 12.6 Å². The smallest absolute Gasteiger partial charge is 0.392 e. The van der Waals surface area contributed by atoms with Crippen LogP contribution < -0.4 is 5.32 Å². The molecule has 17 heavy (non-hydrogen) atoms. The van der Waals surface area contributed by atoms with Crippen molar-refractivity contribution < 1.29 is 18.3 Å². The summed E-state index contributed by atoms with van der Waals surface area (Å²) < 4.78 is 35.8. The van der Waals surface area contributed by atoms with Crippen LogP contribution in [0.1, 0.15) is 12.0 Å². The first-order valence-corrected chi connectivity index (χ1v) is 5.59. The zero-order chi connectivity index (χ0) is 12.9. The van der Waals surface area contributed by atoms with Gasteiger partial charge in [0.2, 0.25) is 0 Å². The maximum atomic E-state index is 11.9. The molecule has 1 aliphatic heterocycles. The van der Waals surface area contributed by atoms with Gasteiger partial charge in [-0.1, -0.05) is 6.07 Å². The number of rotatable bonds is 0. The second-order valence-electron chi connectivity index (χ2n) is 3.69.